The lowest BCUT2D eigenvalue weighted by Crippen LogP contribution is -2.16. The largest absolute Gasteiger partial charge is 0.467 e. The van der Waals surface area contributed by atoms with E-state index in [0.29, 0.717) is 18.2 Å². The number of rotatable bonds is 6. The number of anilines is 1. The number of pyridine rings is 1. The van der Waals surface area contributed by atoms with Crippen molar-refractivity contribution in [3.63, 3.8) is 0 Å². The lowest BCUT2D eigenvalue weighted by molar-refractivity contribution is -0.385. The van der Waals surface area contributed by atoms with Crippen molar-refractivity contribution in [2.75, 3.05) is 19.0 Å². The van der Waals surface area contributed by atoms with Crippen LogP contribution in [0, 0.1) is 10.1 Å². The molecule has 19 heavy (non-hydrogen) atoms. The molecule has 0 radical (unpaired) electrons. The lowest BCUT2D eigenvalue weighted by atomic mass is 10.2. The zero-order valence-electron chi connectivity index (χ0n) is 10.3. The second-order valence-corrected chi connectivity index (χ2v) is 3.83. The number of nitro groups is 1. The van der Waals surface area contributed by atoms with E-state index in [2.05, 4.69) is 10.3 Å². The highest BCUT2D eigenvalue weighted by Crippen LogP contribution is 2.20. The highest BCUT2D eigenvalue weighted by molar-refractivity contribution is 5.41. The van der Waals surface area contributed by atoms with Crippen molar-refractivity contribution >= 4 is 11.5 Å². The molecule has 1 unspecified atom stereocenters. The van der Waals surface area contributed by atoms with Gasteiger partial charge in [-0.3, -0.25) is 10.1 Å². The Labute approximate surface area is 109 Å². The molecule has 7 heteroatoms. The number of methoxy groups -OCH3 is 1. The molecule has 0 amide bonds. The number of hydrogen-bond acceptors (Lipinski definition) is 6. The fraction of sp³-hybridized carbons (Fsp3) is 0.250. The zero-order valence-corrected chi connectivity index (χ0v) is 10.3. The Morgan fingerprint density at radius 1 is 1.53 bits per heavy atom. The van der Waals surface area contributed by atoms with Gasteiger partial charge in [0.15, 0.2) is 0 Å². The minimum Gasteiger partial charge on any atom is -0.467 e. The molecule has 0 aromatic carbocycles. The summed E-state index contributed by atoms with van der Waals surface area (Å²) < 4.78 is 10.4. The molecule has 1 N–H and O–H groups in total. The SMILES string of the molecule is COCC(Nc1ccc([N+](=O)[O-])cn1)c1ccco1. The van der Waals surface area contributed by atoms with Gasteiger partial charge in [-0.05, 0) is 18.2 Å². The smallest absolute Gasteiger partial charge is 0.287 e. The summed E-state index contributed by atoms with van der Waals surface area (Å²) in [7, 11) is 1.58. The summed E-state index contributed by atoms with van der Waals surface area (Å²) in [4.78, 5) is 14.0. The molecular formula is C12H13N3O4. The van der Waals surface area contributed by atoms with E-state index in [0.717, 1.165) is 0 Å². The molecular weight excluding hydrogens is 250 g/mol. The molecule has 0 spiro atoms. The molecule has 0 bridgehead atoms. The quantitative estimate of drug-likeness (QED) is 0.635. The first-order valence-electron chi connectivity index (χ1n) is 5.60. The van der Waals surface area contributed by atoms with Crippen LogP contribution >= 0.6 is 0 Å². The van der Waals surface area contributed by atoms with E-state index in [1.165, 1.54) is 12.3 Å². The van der Waals surface area contributed by atoms with Crippen molar-refractivity contribution < 1.29 is 14.1 Å². The molecule has 0 fully saturated rings. The Bertz CT molecular complexity index is 524. The lowest BCUT2D eigenvalue weighted by Gasteiger charge is -2.15. The third-order valence-electron chi connectivity index (χ3n) is 2.50. The van der Waals surface area contributed by atoms with E-state index in [-0.39, 0.29) is 11.7 Å². The summed E-state index contributed by atoms with van der Waals surface area (Å²) >= 11 is 0. The van der Waals surface area contributed by atoms with Gasteiger partial charge in [0.2, 0.25) is 0 Å². The Morgan fingerprint density at radius 2 is 2.37 bits per heavy atom. The van der Waals surface area contributed by atoms with E-state index in [1.54, 1.807) is 25.5 Å². The van der Waals surface area contributed by atoms with E-state index >= 15 is 0 Å². The van der Waals surface area contributed by atoms with Crippen LogP contribution in [-0.2, 0) is 4.74 Å². The van der Waals surface area contributed by atoms with E-state index in [4.69, 9.17) is 9.15 Å². The van der Waals surface area contributed by atoms with E-state index in [1.807, 2.05) is 6.07 Å². The predicted octanol–water partition coefficient (Wildman–Crippen LogP) is 2.38. The van der Waals surface area contributed by atoms with Crippen molar-refractivity contribution in [3.05, 3.63) is 52.6 Å². The molecule has 2 rings (SSSR count). The second kappa shape index (κ2) is 5.96. The van der Waals surface area contributed by atoms with Crippen molar-refractivity contribution in [2.24, 2.45) is 0 Å². The van der Waals surface area contributed by atoms with E-state index < -0.39 is 4.92 Å². The minimum absolute atomic E-state index is 0.0492. The average Bonchev–Trinajstić information content (AvgIpc) is 2.92. The van der Waals surface area contributed by atoms with Crippen LogP contribution in [0.15, 0.2) is 41.1 Å². The Hall–Kier alpha value is -2.41. The Kier molecular flexibility index (Phi) is 4.09. The van der Waals surface area contributed by atoms with Gasteiger partial charge in [0.25, 0.3) is 5.69 Å². The molecule has 2 aromatic heterocycles. The molecule has 2 aromatic rings. The van der Waals surface area contributed by atoms with Gasteiger partial charge < -0.3 is 14.5 Å². The molecule has 0 saturated carbocycles. The van der Waals surface area contributed by atoms with Gasteiger partial charge >= 0.3 is 0 Å². The van der Waals surface area contributed by atoms with Crippen LogP contribution in [0.3, 0.4) is 0 Å². The van der Waals surface area contributed by atoms with Crippen molar-refractivity contribution in [1.29, 1.82) is 0 Å². The third-order valence-corrected chi connectivity index (χ3v) is 2.50. The summed E-state index contributed by atoms with van der Waals surface area (Å²) in [5.74, 6) is 1.23. The van der Waals surface area contributed by atoms with Crippen molar-refractivity contribution in [3.8, 4) is 0 Å². The van der Waals surface area contributed by atoms with E-state index in [9.17, 15) is 10.1 Å². The van der Waals surface area contributed by atoms with Gasteiger partial charge in [-0.2, -0.15) is 0 Å². The number of furan rings is 1. The number of aromatic nitrogens is 1. The molecule has 0 saturated heterocycles. The topological polar surface area (TPSA) is 90.4 Å². The molecule has 100 valence electrons. The highest BCUT2D eigenvalue weighted by Gasteiger charge is 2.15. The van der Waals surface area contributed by atoms with Crippen LogP contribution < -0.4 is 5.32 Å². The van der Waals surface area contributed by atoms with Crippen LogP contribution in [0.4, 0.5) is 11.5 Å². The first-order valence-corrected chi connectivity index (χ1v) is 5.60. The molecule has 0 aliphatic heterocycles. The molecule has 1 atom stereocenters. The van der Waals surface area contributed by atoms with Gasteiger partial charge in [-0.25, -0.2) is 4.98 Å². The summed E-state index contributed by atoms with van der Waals surface area (Å²) in [5.41, 5.74) is -0.0492. The average molecular weight is 263 g/mol. The Morgan fingerprint density at radius 3 is 2.89 bits per heavy atom. The van der Waals surface area contributed by atoms with Crippen LogP contribution in [-0.4, -0.2) is 23.6 Å². The van der Waals surface area contributed by atoms with Crippen LogP contribution in [0.1, 0.15) is 11.8 Å². The van der Waals surface area contributed by atoms with Gasteiger partial charge in [0.05, 0.1) is 17.8 Å². The molecule has 7 nitrogen and oxygen atoms in total. The molecule has 0 aliphatic carbocycles. The summed E-state index contributed by atoms with van der Waals surface area (Å²) in [6.45, 7) is 0.395. The van der Waals surface area contributed by atoms with Gasteiger partial charge in [0.1, 0.15) is 23.8 Å². The fourth-order valence-corrected chi connectivity index (χ4v) is 1.61. The van der Waals surface area contributed by atoms with Gasteiger partial charge in [-0.1, -0.05) is 0 Å². The summed E-state index contributed by atoms with van der Waals surface area (Å²) in [5, 5.41) is 13.6. The van der Waals surface area contributed by atoms with Crippen molar-refractivity contribution in [1.82, 2.24) is 4.98 Å². The second-order valence-electron chi connectivity index (χ2n) is 3.83. The normalized spacial score (nSPS) is 12.1. The minimum atomic E-state index is -0.490. The summed E-state index contributed by atoms with van der Waals surface area (Å²) in [6, 6.07) is 6.34. The number of nitrogens with zero attached hydrogens (tertiary/aromatic N) is 2. The third kappa shape index (κ3) is 3.29. The fourth-order valence-electron chi connectivity index (χ4n) is 1.61. The summed E-state index contributed by atoms with van der Waals surface area (Å²) in [6.07, 6.45) is 2.78. The van der Waals surface area contributed by atoms with Crippen molar-refractivity contribution in [2.45, 2.75) is 6.04 Å². The maximum atomic E-state index is 10.5. The monoisotopic (exact) mass is 263 g/mol. The number of hydrogen-bond donors (Lipinski definition) is 1. The first kappa shape index (κ1) is 13.0. The zero-order chi connectivity index (χ0) is 13.7. The van der Waals surface area contributed by atoms with Crippen LogP contribution in [0.2, 0.25) is 0 Å². The van der Waals surface area contributed by atoms with Gasteiger partial charge in [0, 0.05) is 13.2 Å². The van der Waals surface area contributed by atoms with Crippen LogP contribution in [0.25, 0.3) is 0 Å². The maximum absolute atomic E-state index is 10.5. The maximum Gasteiger partial charge on any atom is 0.287 e. The molecule has 0 aliphatic rings. The molecule has 2 heterocycles. The standard InChI is InChI=1S/C12H13N3O4/c1-18-8-10(11-3-2-6-19-11)14-12-5-4-9(7-13-12)15(16)17/h2-7,10H,8H2,1H3,(H,13,14). The number of ether oxygens (including phenoxy) is 1. The Balaban J connectivity index is 2.11. The van der Waals surface area contributed by atoms with Gasteiger partial charge in [-0.15, -0.1) is 0 Å². The van der Waals surface area contributed by atoms with Crippen LogP contribution in [0.5, 0.6) is 0 Å². The predicted molar refractivity (Wildman–Crippen MR) is 67.8 cm³/mol. The number of nitrogens with one attached hydrogen (secondary N) is 1. The first-order chi connectivity index (χ1) is 9.20. The highest BCUT2D eigenvalue weighted by atomic mass is 16.6.